The highest BCUT2D eigenvalue weighted by Crippen LogP contribution is 1.90. The van der Waals surface area contributed by atoms with Crippen LogP contribution in [0.2, 0.25) is 0 Å². The Kier molecular flexibility index (Phi) is 3.70. The number of urea groups is 1. The van der Waals surface area contributed by atoms with Crippen LogP contribution in [0.25, 0.3) is 0 Å². The van der Waals surface area contributed by atoms with Crippen molar-refractivity contribution in [2.75, 3.05) is 13.3 Å². The van der Waals surface area contributed by atoms with Crippen LogP contribution in [0, 0.1) is 0 Å². The first kappa shape index (κ1) is 9.15. The smallest absolute Gasteiger partial charge is 0.370 e. The van der Waals surface area contributed by atoms with E-state index in [4.69, 9.17) is 15.5 Å². The molecule has 0 heterocycles. The lowest BCUT2D eigenvalue weighted by Crippen LogP contribution is -2.40. The summed E-state index contributed by atoms with van der Waals surface area (Å²) in [4.78, 5) is 11.3. The molecule has 10 heavy (non-hydrogen) atoms. The lowest BCUT2D eigenvalue weighted by atomic mass is 10.6. The number of aliphatic hydroxyl groups is 1. The van der Waals surface area contributed by atoms with Crippen molar-refractivity contribution in [2.45, 2.75) is 6.92 Å². The van der Waals surface area contributed by atoms with Crippen molar-refractivity contribution in [1.82, 2.24) is 10.1 Å². The van der Waals surface area contributed by atoms with Crippen LogP contribution >= 0.6 is 0 Å². The van der Waals surface area contributed by atoms with E-state index in [1.807, 2.05) is 0 Å². The Balaban J connectivity index is 3.89. The van der Waals surface area contributed by atoms with E-state index in [9.17, 15) is 4.79 Å². The minimum atomic E-state index is -1.05. The zero-order valence-electron chi connectivity index (χ0n) is 5.56. The van der Waals surface area contributed by atoms with Crippen molar-refractivity contribution >= 4 is 6.03 Å². The van der Waals surface area contributed by atoms with Crippen LogP contribution in [-0.4, -0.2) is 45.0 Å². The first-order valence-electron chi connectivity index (χ1n) is 2.71. The molecule has 0 aliphatic carbocycles. The zero-order valence-corrected chi connectivity index (χ0v) is 5.56. The van der Waals surface area contributed by atoms with E-state index in [2.05, 4.69) is 0 Å². The van der Waals surface area contributed by atoms with E-state index in [1.54, 1.807) is 6.92 Å². The van der Waals surface area contributed by atoms with E-state index >= 15 is 0 Å². The average molecular weight is 150 g/mol. The molecule has 0 aromatic heterocycles. The Morgan fingerprint density at radius 3 is 2.10 bits per heavy atom. The third kappa shape index (κ3) is 2.18. The SMILES string of the molecule is CCN(CO)C(=O)N(O)O. The number of hydroxylamine groups is 2. The molecule has 0 aliphatic rings. The maximum Gasteiger partial charge on any atom is 0.370 e. The average Bonchev–Trinajstić information content (AvgIpc) is 1.90. The topological polar surface area (TPSA) is 84.2 Å². The molecule has 0 radical (unpaired) electrons. The summed E-state index contributed by atoms with van der Waals surface area (Å²) >= 11 is 0. The van der Waals surface area contributed by atoms with Crippen LogP contribution < -0.4 is 0 Å². The van der Waals surface area contributed by atoms with Gasteiger partial charge in [-0.1, -0.05) is 5.23 Å². The Morgan fingerprint density at radius 1 is 1.50 bits per heavy atom. The fraction of sp³-hybridized carbons (Fsp3) is 0.750. The molecule has 0 atom stereocenters. The van der Waals surface area contributed by atoms with Gasteiger partial charge in [-0.2, -0.15) is 0 Å². The highest BCUT2D eigenvalue weighted by atomic mass is 16.8. The van der Waals surface area contributed by atoms with Gasteiger partial charge in [0.1, 0.15) is 6.73 Å². The number of hydrogen-bond acceptors (Lipinski definition) is 4. The molecule has 0 aromatic rings. The van der Waals surface area contributed by atoms with Gasteiger partial charge in [0.25, 0.3) is 0 Å². The maximum atomic E-state index is 10.5. The minimum absolute atomic E-state index is 0.215. The number of carbonyl (C=O) groups is 1. The molecule has 6 heteroatoms. The fourth-order valence-corrected chi connectivity index (χ4v) is 0.422. The molecular formula is C4H10N2O4. The summed E-state index contributed by atoms with van der Waals surface area (Å²) in [6.07, 6.45) is 0. The lowest BCUT2D eigenvalue weighted by molar-refractivity contribution is -0.265. The second kappa shape index (κ2) is 4.04. The van der Waals surface area contributed by atoms with Crippen molar-refractivity contribution in [3.05, 3.63) is 0 Å². The quantitative estimate of drug-likeness (QED) is 0.280. The number of rotatable bonds is 2. The Bertz CT molecular complexity index is 112. The molecular weight excluding hydrogens is 140 g/mol. The Morgan fingerprint density at radius 2 is 2.00 bits per heavy atom. The van der Waals surface area contributed by atoms with Crippen molar-refractivity contribution in [1.29, 1.82) is 0 Å². The molecule has 0 aromatic carbocycles. The molecule has 0 spiro atoms. The van der Waals surface area contributed by atoms with Gasteiger partial charge < -0.3 is 5.11 Å². The van der Waals surface area contributed by atoms with Crippen molar-refractivity contribution in [3.63, 3.8) is 0 Å². The molecule has 0 aliphatic heterocycles. The second-order valence-corrected chi connectivity index (χ2v) is 1.57. The van der Waals surface area contributed by atoms with Gasteiger partial charge in [-0.3, -0.25) is 15.3 Å². The summed E-state index contributed by atoms with van der Waals surface area (Å²) in [7, 11) is 0. The largest absolute Gasteiger partial charge is 0.376 e. The Hall–Kier alpha value is -0.850. The molecule has 60 valence electrons. The van der Waals surface area contributed by atoms with Gasteiger partial charge in [-0.05, 0) is 6.92 Å². The Labute approximate surface area is 57.8 Å². The maximum absolute atomic E-state index is 10.5. The third-order valence-corrected chi connectivity index (χ3v) is 0.994. The summed E-state index contributed by atoms with van der Waals surface area (Å²) < 4.78 is 0. The van der Waals surface area contributed by atoms with E-state index in [0.29, 0.717) is 0 Å². The molecule has 0 saturated heterocycles. The van der Waals surface area contributed by atoms with E-state index in [1.165, 1.54) is 0 Å². The number of nitrogens with zero attached hydrogens (tertiary/aromatic N) is 2. The van der Waals surface area contributed by atoms with Gasteiger partial charge in [0.05, 0.1) is 0 Å². The fourth-order valence-electron chi connectivity index (χ4n) is 0.422. The minimum Gasteiger partial charge on any atom is -0.376 e. The van der Waals surface area contributed by atoms with E-state index in [-0.39, 0.29) is 6.54 Å². The predicted octanol–water partition coefficient (Wildman–Crippen LogP) is -0.541. The summed E-state index contributed by atoms with van der Waals surface area (Å²) in [6, 6.07) is -1.05. The summed E-state index contributed by atoms with van der Waals surface area (Å²) in [5.41, 5.74) is 0. The van der Waals surface area contributed by atoms with Gasteiger partial charge in [0.2, 0.25) is 0 Å². The summed E-state index contributed by atoms with van der Waals surface area (Å²) in [5.74, 6) is 0. The third-order valence-electron chi connectivity index (χ3n) is 0.994. The van der Waals surface area contributed by atoms with Crippen molar-refractivity contribution < 1.29 is 20.3 Å². The van der Waals surface area contributed by atoms with Gasteiger partial charge >= 0.3 is 6.03 Å². The van der Waals surface area contributed by atoms with Crippen LogP contribution in [0.15, 0.2) is 0 Å². The molecule has 6 nitrogen and oxygen atoms in total. The van der Waals surface area contributed by atoms with E-state index < -0.39 is 18.0 Å². The normalized spacial score (nSPS) is 9.20. The van der Waals surface area contributed by atoms with Crippen LogP contribution in [0.3, 0.4) is 0 Å². The van der Waals surface area contributed by atoms with E-state index in [0.717, 1.165) is 4.90 Å². The van der Waals surface area contributed by atoms with Crippen LogP contribution in [-0.2, 0) is 0 Å². The van der Waals surface area contributed by atoms with Gasteiger partial charge in [-0.15, -0.1) is 0 Å². The summed E-state index contributed by atoms with van der Waals surface area (Å²) in [6.45, 7) is 1.28. The zero-order chi connectivity index (χ0) is 8.15. The lowest BCUT2D eigenvalue weighted by Gasteiger charge is -2.18. The predicted molar refractivity (Wildman–Crippen MR) is 30.3 cm³/mol. The first-order chi connectivity index (χ1) is 4.63. The number of aliphatic hydroxyl groups excluding tert-OH is 1. The monoisotopic (exact) mass is 150 g/mol. The first-order valence-corrected chi connectivity index (χ1v) is 2.71. The van der Waals surface area contributed by atoms with Gasteiger partial charge in [0, 0.05) is 6.54 Å². The number of carbonyl (C=O) groups excluding carboxylic acids is 1. The molecule has 0 saturated carbocycles. The summed E-state index contributed by atoms with van der Waals surface area (Å²) in [5, 5.41) is 24.1. The molecule has 0 bridgehead atoms. The van der Waals surface area contributed by atoms with Crippen molar-refractivity contribution in [2.24, 2.45) is 0 Å². The number of amides is 2. The molecule has 0 rings (SSSR count). The standard InChI is InChI=1S/C4H10N2O4/c1-2-5(3-7)4(8)6(9)10/h7,9-10H,2-3H2,1H3. The van der Waals surface area contributed by atoms with Crippen LogP contribution in [0.4, 0.5) is 4.79 Å². The molecule has 0 fully saturated rings. The van der Waals surface area contributed by atoms with Crippen molar-refractivity contribution in [3.8, 4) is 0 Å². The van der Waals surface area contributed by atoms with Crippen LogP contribution in [0.1, 0.15) is 6.92 Å². The highest BCUT2D eigenvalue weighted by Gasteiger charge is 2.14. The van der Waals surface area contributed by atoms with Gasteiger partial charge in [0.15, 0.2) is 0 Å². The number of hydrogen-bond donors (Lipinski definition) is 3. The second-order valence-electron chi connectivity index (χ2n) is 1.57. The van der Waals surface area contributed by atoms with Gasteiger partial charge in [-0.25, -0.2) is 4.79 Å². The molecule has 3 N–H and O–H groups in total. The highest BCUT2D eigenvalue weighted by molar-refractivity contribution is 5.71. The van der Waals surface area contributed by atoms with Crippen LogP contribution in [0.5, 0.6) is 0 Å². The molecule has 2 amide bonds. The molecule has 0 unspecified atom stereocenters.